The van der Waals surface area contributed by atoms with Crippen LogP contribution < -0.4 is 11.1 Å². The Kier molecular flexibility index (Phi) is 3.64. The molecule has 1 amide bonds. The average molecular weight is 284 g/mol. The Hall–Kier alpha value is -2.30. The Bertz CT molecular complexity index is 645. The summed E-state index contributed by atoms with van der Waals surface area (Å²) >= 11 is 0. The fraction of sp³-hybridized carbons (Fsp3) is 0.375. The fourth-order valence-electron chi connectivity index (χ4n) is 2.45. The van der Waals surface area contributed by atoms with Gasteiger partial charge in [0, 0.05) is 12.7 Å². The second-order valence-electron chi connectivity index (χ2n) is 5.73. The number of nitrogens with two attached hydrogens (primary N) is 1. The quantitative estimate of drug-likeness (QED) is 0.827. The maximum atomic E-state index is 12.1. The molecular weight excluding hydrogens is 264 g/mol. The molecule has 0 spiro atoms. The maximum Gasteiger partial charge on any atom is 0.271 e. The second kappa shape index (κ2) is 5.60. The molecule has 21 heavy (non-hydrogen) atoms. The van der Waals surface area contributed by atoms with Crippen LogP contribution in [0.5, 0.6) is 0 Å². The first kappa shape index (κ1) is 13.7. The fourth-order valence-corrected chi connectivity index (χ4v) is 2.45. The predicted molar refractivity (Wildman–Crippen MR) is 82.2 cm³/mol. The van der Waals surface area contributed by atoms with E-state index in [1.165, 1.54) is 12.8 Å². The van der Waals surface area contributed by atoms with Crippen molar-refractivity contribution in [2.45, 2.75) is 19.8 Å². The number of aromatic nitrogens is 2. The minimum Gasteiger partial charge on any atom is -0.397 e. The van der Waals surface area contributed by atoms with E-state index < -0.39 is 0 Å². The molecule has 110 valence electrons. The normalized spacial score (nSPS) is 15.7. The summed E-state index contributed by atoms with van der Waals surface area (Å²) in [5, 5.41) is 7.26. The summed E-state index contributed by atoms with van der Waals surface area (Å²) in [6.45, 7) is 2.89. The molecule has 1 atom stereocenters. The smallest absolute Gasteiger partial charge is 0.271 e. The average Bonchev–Trinajstić information content (AvgIpc) is 3.23. The van der Waals surface area contributed by atoms with Gasteiger partial charge in [0.2, 0.25) is 0 Å². The van der Waals surface area contributed by atoms with E-state index in [2.05, 4.69) is 17.3 Å². The molecule has 3 rings (SSSR count). The molecule has 1 aromatic heterocycles. The van der Waals surface area contributed by atoms with Gasteiger partial charge in [-0.25, -0.2) is 4.68 Å². The maximum absolute atomic E-state index is 12.1. The van der Waals surface area contributed by atoms with Crippen molar-refractivity contribution in [3.63, 3.8) is 0 Å². The highest BCUT2D eigenvalue weighted by molar-refractivity contribution is 5.92. The first-order valence-electron chi connectivity index (χ1n) is 7.34. The zero-order valence-electron chi connectivity index (χ0n) is 12.1. The molecule has 1 heterocycles. The molecule has 5 nitrogen and oxygen atoms in total. The molecule has 0 aliphatic heterocycles. The number of amides is 1. The van der Waals surface area contributed by atoms with Crippen LogP contribution in [-0.2, 0) is 0 Å². The molecule has 0 radical (unpaired) electrons. The third kappa shape index (κ3) is 3.07. The molecule has 5 heteroatoms. The Morgan fingerprint density at radius 3 is 2.90 bits per heavy atom. The summed E-state index contributed by atoms with van der Waals surface area (Å²) in [7, 11) is 0. The topological polar surface area (TPSA) is 72.9 Å². The van der Waals surface area contributed by atoms with Crippen LogP contribution in [0.15, 0.2) is 36.5 Å². The Morgan fingerprint density at radius 2 is 2.19 bits per heavy atom. The van der Waals surface area contributed by atoms with Crippen LogP contribution in [0.3, 0.4) is 0 Å². The molecular formula is C16H20N4O. The highest BCUT2D eigenvalue weighted by Gasteiger charge is 2.28. The van der Waals surface area contributed by atoms with Crippen molar-refractivity contribution in [3.8, 4) is 5.69 Å². The molecule has 3 N–H and O–H groups in total. The first-order valence-corrected chi connectivity index (χ1v) is 7.34. The van der Waals surface area contributed by atoms with Gasteiger partial charge in [0.15, 0.2) is 5.69 Å². The van der Waals surface area contributed by atoms with Crippen molar-refractivity contribution < 1.29 is 4.79 Å². The molecule has 2 aromatic rings. The van der Waals surface area contributed by atoms with Crippen LogP contribution in [0.25, 0.3) is 5.69 Å². The Morgan fingerprint density at radius 1 is 1.43 bits per heavy atom. The number of hydrogen-bond donors (Lipinski definition) is 2. The van der Waals surface area contributed by atoms with E-state index >= 15 is 0 Å². The van der Waals surface area contributed by atoms with E-state index in [4.69, 9.17) is 5.73 Å². The third-order valence-corrected chi connectivity index (χ3v) is 4.02. The highest BCUT2D eigenvalue weighted by Crippen LogP contribution is 2.36. The van der Waals surface area contributed by atoms with Gasteiger partial charge in [0.05, 0.1) is 11.4 Å². The van der Waals surface area contributed by atoms with Gasteiger partial charge >= 0.3 is 0 Å². The van der Waals surface area contributed by atoms with Crippen LogP contribution in [0.1, 0.15) is 30.3 Å². The molecule has 0 bridgehead atoms. The van der Waals surface area contributed by atoms with E-state index in [0.717, 1.165) is 11.6 Å². The molecule has 1 aromatic carbocycles. The van der Waals surface area contributed by atoms with Gasteiger partial charge in [-0.05, 0) is 42.9 Å². The van der Waals surface area contributed by atoms with Crippen molar-refractivity contribution in [1.82, 2.24) is 15.1 Å². The monoisotopic (exact) mass is 284 g/mol. The lowest BCUT2D eigenvalue weighted by atomic mass is 10.1. The second-order valence-corrected chi connectivity index (χ2v) is 5.73. The van der Waals surface area contributed by atoms with Gasteiger partial charge in [0.25, 0.3) is 5.91 Å². The van der Waals surface area contributed by atoms with Crippen molar-refractivity contribution in [2.75, 3.05) is 12.3 Å². The number of hydrogen-bond acceptors (Lipinski definition) is 3. The standard InChI is InChI=1S/C16H20N4O/c1-11(12-6-7-12)10-18-16(21)14-8-9-20(19-14)15-5-3-2-4-13(15)17/h2-5,8-9,11-12H,6-7,10,17H2,1H3,(H,18,21). The van der Waals surface area contributed by atoms with Gasteiger partial charge in [0.1, 0.15) is 0 Å². The van der Waals surface area contributed by atoms with Crippen molar-refractivity contribution in [3.05, 3.63) is 42.2 Å². The molecule has 1 aliphatic carbocycles. The SMILES string of the molecule is CC(CNC(=O)c1ccn(-c2ccccc2N)n1)C1CC1. The summed E-state index contributed by atoms with van der Waals surface area (Å²) in [6.07, 6.45) is 4.34. The Balaban J connectivity index is 1.66. The molecule has 1 unspecified atom stereocenters. The van der Waals surface area contributed by atoms with Gasteiger partial charge in [-0.1, -0.05) is 19.1 Å². The molecule has 1 aliphatic rings. The molecule has 0 saturated heterocycles. The van der Waals surface area contributed by atoms with Crippen molar-refractivity contribution in [2.24, 2.45) is 11.8 Å². The number of nitrogens with one attached hydrogen (secondary N) is 1. The summed E-state index contributed by atoms with van der Waals surface area (Å²) in [5.41, 5.74) is 7.75. The lowest BCUT2D eigenvalue weighted by molar-refractivity contribution is 0.0941. The number of para-hydroxylation sites is 2. The highest BCUT2D eigenvalue weighted by atomic mass is 16.1. The van der Waals surface area contributed by atoms with E-state index in [1.807, 2.05) is 24.3 Å². The van der Waals surface area contributed by atoms with E-state index in [9.17, 15) is 4.79 Å². The molecule has 1 saturated carbocycles. The third-order valence-electron chi connectivity index (χ3n) is 4.02. The zero-order chi connectivity index (χ0) is 14.8. The van der Waals surface area contributed by atoms with Gasteiger partial charge in [-0.3, -0.25) is 4.79 Å². The number of nitrogen functional groups attached to an aromatic ring is 1. The van der Waals surface area contributed by atoms with E-state index in [-0.39, 0.29) is 5.91 Å². The lowest BCUT2D eigenvalue weighted by Gasteiger charge is -2.10. The number of carbonyl (C=O) groups is 1. The van der Waals surface area contributed by atoms with Crippen LogP contribution in [0.4, 0.5) is 5.69 Å². The lowest BCUT2D eigenvalue weighted by Crippen LogP contribution is -2.29. The van der Waals surface area contributed by atoms with Gasteiger partial charge < -0.3 is 11.1 Å². The van der Waals surface area contributed by atoms with Crippen LogP contribution in [-0.4, -0.2) is 22.2 Å². The van der Waals surface area contributed by atoms with Crippen molar-refractivity contribution in [1.29, 1.82) is 0 Å². The van der Waals surface area contributed by atoms with Crippen LogP contribution >= 0.6 is 0 Å². The van der Waals surface area contributed by atoms with Gasteiger partial charge in [-0.2, -0.15) is 5.10 Å². The minimum absolute atomic E-state index is 0.129. The number of anilines is 1. The largest absolute Gasteiger partial charge is 0.397 e. The molecule has 1 fully saturated rings. The number of benzene rings is 1. The summed E-state index contributed by atoms with van der Waals surface area (Å²) in [4.78, 5) is 12.1. The summed E-state index contributed by atoms with van der Waals surface area (Å²) < 4.78 is 1.63. The minimum atomic E-state index is -0.129. The number of rotatable bonds is 5. The van der Waals surface area contributed by atoms with E-state index in [0.29, 0.717) is 23.8 Å². The summed E-state index contributed by atoms with van der Waals surface area (Å²) in [5.74, 6) is 1.20. The Labute approximate surface area is 124 Å². The first-order chi connectivity index (χ1) is 10.1. The predicted octanol–water partition coefficient (Wildman–Crippen LogP) is 2.23. The number of carbonyl (C=O) groups excluding carboxylic acids is 1. The zero-order valence-corrected chi connectivity index (χ0v) is 12.1. The van der Waals surface area contributed by atoms with Crippen molar-refractivity contribution >= 4 is 11.6 Å². The summed E-state index contributed by atoms with van der Waals surface area (Å²) in [6, 6.07) is 9.16. The number of nitrogens with zero attached hydrogens (tertiary/aromatic N) is 2. The van der Waals surface area contributed by atoms with Crippen LogP contribution in [0, 0.1) is 11.8 Å². The van der Waals surface area contributed by atoms with Gasteiger partial charge in [-0.15, -0.1) is 0 Å². The van der Waals surface area contributed by atoms with Crippen LogP contribution in [0.2, 0.25) is 0 Å². The van der Waals surface area contributed by atoms with E-state index in [1.54, 1.807) is 16.9 Å².